The summed E-state index contributed by atoms with van der Waals surface area (Å²) in [4.78, 5) is 8.78. The van der Waals surface area contributed by atoms with Crippen LogP contribution in [0, 0.1) is 0 Å². The first-order valence-corrected chi connectivity index (χ1v) is 14.6. The fourth-order valence-electron chi connectivity index (χ4n) is 1.21. The summed E-state index contributed by atoms with van der Waals surface area (Å²) in [5, 5.41) is 9.77. The summed E-state index contributed by atoms with van der Waals surface area (Å²) in [6.07, 6.45) is 0. The molecule has 0 fully saturated rings. The van der Waals surface area contributed by atoms with Crippen LogP contribution in [0.1, 0.15) is 13.8 Å². The van der Waals surface area contributed by atoms with Crippen molar-refractivity contribution in [1.82, 2.24) is 0 Å². The van der Waals surface area contributed by atoms with Gasteiger partial charge in [-0.1, -0.05) is 0 Å². The Kier molecular flexibility index (Phi) is 4.13. The van der Waals surface area contributed by atoms with Crippen molar-refractivity contribution in [2.24, 2.45) is 0 Å². The minimum atomic E-state index is -2.06. The van der Waals surface area contributed by atoms with Crippen LogP contribution in [0.2, 0.25) is 14.8 Å². The van der Waals surface area contributed by atoms with Gasteiger partial charge in [0.15, 0.2) is 0 Å². The van der Waals surface area contributed by atoms with Crippen molar-refractivity contribution in [2.75, 3.05) is 0 Å². The molecule has 0 aliphatic heterocycles. The summed E-state index contributed by atoms with van der Waals surface area (Å²) in [5.74, 6) is 0. The van der Waals surface area contributed by atoms with Crippen LogP contribution in [-0.4, -0.2) is 29.1 Å². The Morgan fingerprint density at radius 1 is 1.36 bits per heavy atom. The van der Waals surface area contributed by atoms with E-state index in [0.717, 1.165) is 0 Å². The third-order valence-corrected chi connectivity index (χ3v) is 10.0. The molecule has 0 bridgehead atoms. The molecule has 0 aliphatic rings. The number of hydrogen-bond acceptors (Lipinski definition) is 1. The third-order valence-electron chi connectivity index (χ3n) is 1.58. The Bertz CT molecular complexity index is 146. The fourth-order valence-corrected chi connectivity index (χ4v) is 12.6. The molecular formula is C8H17BrOSn. The van der Waals surface area contributed by atoms with Gasteiger partial charge in [0.1, 0.15) is 0 Å². The van der Waals surface area contributed by atoms with Crippen molar-refractivity contribution in [3.8, 4) is 0 Å². The van der Waals surface area contributed by atoms with Crippen LogP contribution in [0.15, 0.2) is 8.57 Å². The monoisotopic (exact) mass is 328 g/mol. The van der Waals surface area contributed by atoms with Gasteiger partial charge in [-0.25, -0.2) is 0 Å². The molecule has 11 heavy (non-hydrogen) atoms. The molecule has 1 nitrogen and oxygen atoms in total. The number of aliphatic hydroxyl groups is 1. The second-order valence-electron chi connectivity index (χ2n) is 4.33. The van der Waals surface area contributed by atoms with Crippen LogP contribution in [-0.2, 0) is 0 Å². The van der Waals surface area contributed by atoms with Crippen molar-refractivity contribution in [3.63, 3.8) is 0 Å². The molecule has 3 heteroatoms. The van der Waals surface area contributed by atoms with Gasteiger partial charge in [-0.15, -0.1) is 0 Å². The summed E-state index contributed by atoms with van der Waals surface area (Å²) in [7, 11) is 0. The van der Waals surface area contributed by atoms with E-state index in [1.54, 1.807) is 0 Å². The summed E-state index contributed by atoms with van der Waals surface area (Å²) in [6, 6.07) is 0. The molecule has 0 unspecified atom stereocenters. The van der Waals surface area contributed by atoms with Gasteiger partial charge in [0.2, 0.25) is 0 Å². The molecule has 0 rings (SSSR count). The van der Waals surface area contributed by atoms with Crippen molar-refractivity contribution in [2.45, 2.75) is 34.3 Å². The van der Waals surface area contributed by atoms with E-state index in [4.69, 9.17) is 0 Å². The van der Waals surface area contributed by atoms with E-state index in [2.05, 4.69) is 30.7 Å². The average molecular weight is 328 g/mol. The van der Waals surface area contributed by atoms with E-state index < -0.39 is 24.0 Å². The third kappa shape index (κ3) is 3.94. The van der Waals surface area contributed by atoms with Gasteiger partial charge < -0.3 is 0 Å². The molecule has 0 saturated carbocycles. The maximum absolute atomic E-state index is 9.77. The van der Waals surface area contributed by atoms with E-state index in [0.29, 0.717) is 0 Å². The Hall–Kier alpha value is 0.979. The molecule has 0 amide bonds. The molecule has 0 saturated heterocycles. The molecule has 0 spiro atoms. The molecular weight excluding hydrogens is 311 g/mol. The minimum absolute atomic E-state index is 0.641. The molecule has 0 aromatic carbocycles. The van der Waals surface area contributed by atoms with Gasteiger partial charge >= 0.3 is 82.3 Å². The molecule has 0 radical (unpaired) electrons. The van der Waals surface area contributed by atoms with Crippen LogP contribution in [0.3, 0.4) is 0 Å². The maximum atomic E-state index is 9.77. The molecule has 0 aromatic heterocycles. The standard InChI is InChI=1S/C5H8BrO.3CH3.Sn/c1-5(2,7)3-4-6;;;;/h4,7H,1-2H3;3*1H3;. The van der Waals surface area contributed by atoms with E-state index >= 15 is 0 Å². The molecule has 0 atom stereocenters. The van der Waals surface area contributed by atoms with E-state index in [1.807, 2.05) is 18.8 Å². The van der Waals surface area contributed by atoms with Crippen molar-refractivity contribution in [1.29, 1.82) is 0 Å². The summed E-state index contributed by atoms with van der Waals surface area (Å²) in [6.45, 7) is 3.70. The van der Waals surface area contributed by atoms with Crippen molar-refractivity contribution in [3.05, 3.63) is 8.57 Å². The molecule has 0 heterocycles. The summed E-state index contributed by atoms with van der Waals surface area (Å²) in [5.41, 5.74) is -0.641. The van der Waals surface area contributed by atoms with Gasteiger partial charge in [-0.05, 0) is 0 Å². The quantitative estimate of drug-likeness (QED) is 0.773. The predicted molar refractivity (Wildman–Crippen MR) is 56.7 cm³/mol. The van der Waals surface area contributed by atoms with E-state index in [1.165, 1.54) is 3.59 Å². The summed E-state index contributed by atoms with van der Waals surface area (Å²) < 4.78 is 1.21. The van der Waals surface area contributed by atoms with Crippen LogP contribution in [0.4, 0.5) is 0 Å². The van der Waals surface area contributed by atoms with Crippen molar-refractivity contribution < 1.29 is 5.11 Å². The first-order valence-electron chi connectivity index (χ1n) is 3.73. The van der Waals surface area contributed by atoms with E-state index in [9.17, 15) is 5.11 Å². The van der Waals surface area contributed by atoms with Gasteiger partial charge in [0.05, 0.1) is 0 Å². The number of halogens is 1. The average Bonchev–Trinajstić information content (AvgIpc) is 1.56. The zero-order chi connectivity index (χ0) is 9.28. The zero-order valence-electron chi connectivity index (χ0n) is 7.90. The summed E-state index contributed by atoms with van der Waals surface area (Å²) >= 11 is 1.26. The van der Waals surface area contributed by atoms with Crippen LogP contribution >= 0.6 is 15.9 Å². The normalized spacial score (nSPS) is 15.4. The Morgan fingerprint density at radius 2 is 1.73 bits per heavy atom. The number of hydrogen-bond donors (Lipinski definition) is 1. The van der Waals surface area contributed by atoms with E-state index in [-0.39, 0.29) is 0 Å². The van der Waals surface area contributed by atoms with Gasteiger partial charge in [0.25, 0.3) is 0 Å². The first kappa shape index (κ1) is 12.0. The van der Waals surface area contributed by atoms with Crippen LogP contribution < -0.4 is 0 Å². The molecule has 0 aliphatic carbocycles. The molecule has 0 aromatic rings. The SMILES string of the molecule is CC(C)(O)/[C](=C/Br)[Sn]([CH3])([CH3])[CH3]. The van der Waals surface area contributed by atoms with Gasteiger partial charge in [-0.2, -0.15) is 0 Å². The predicted octanol–water partition coefficient (Wildman–Crippen LogP) is 2.91. The molecule has 66 valence electrons. The second kappa shape index (κ2) is 3.79. The fraction of sp³-hybridized carbons (Fsp3) is 0.750. The van der Waals surface area contributed by atoms with Crippen LogP contribution in [0.25, 0.3) is 0 Å². The Balaban J connectivity index is 4.74. The zero-order valence-corrected chi connectivity index (χ0v) is 12.3. The van der Waals surface area contributed by atoms with Gasteiger partial charge in [-0.3, -0.25) is 0 Å². The second-order valence-corrected chi connectivity index (χ2v) is 19.2. The topological polar surface area (TPSA) is 20.2 Å². The Labute approximate surface area is 81.9 Å². The number of rotatable bonds is 2. The first-order chi connectivity index (χ1) is 4.69. The molecule has 1 N–H and O–H groups in total. The Morgan fingerprint density at radius 3 is 1.73 bits per heavy atom. The van der Waals surface area contributed by atoms with Crippen molar-refractivity contribution >= 4 is 34.3 Å². The van der Waals surface area contributed by atoms with Gasteiger partial charge in [0, 0.05) is 0 Å². The van der Waals surface area contributed by atoms with Crippen LogP contribution in [0.5, 0.6) is 0 Å².